The molecule has 1 aromatic rings. The number of hydrogen-bond acceptors (Lipinski definition) is 3. The first-order valence-corrected chi connectivity index (χ1v) is 8.74. The van der Waals surface area contributed by atoms with Crippen molar-refractivity contribution in [3.8, 4) is 5.75 Å². The average Bonchev–Trinajstić information content (AvgIpc) is 2.54. The van der Waals surface area contributed by atoms with Crippen LogP contribution in [0.1, 0.15) is 46.0 Å². The summed E-state index contributed by atoms with van der Waals surface area (Å²) >= 11 is 3.39. The Morgan fingerprint density at radius 1 is 1.22 bits per heavy atom. The molecule has 0 spiro atoms. The number of carbonyl (C=O) groups is 1. The molecule has 0 fully saturated rings. The van der Waals surface area contributed by atoms with E-state index in [1.807, 2.05) is 24.3 Å². The second-order valence-electron chi connectivity index (χ2n) is 5.50. The van der Waals surface area contributed by atoms with Crippen molar-refractivity contribution in [1.29, 1.82) is 0 Å². The SMILES string of the molecule is CCC(CC)(CN)NC(=O)CCCCOc1ccc(Br)cc1.Cl. The van der Waals surface area contributed by atoms with Crippen molar-refractivity contribution in [2.45, 2.75) is 51.5 Å². The number of nitrogens with two attached hydrogens (primary N) is 1. The zero-order chi connectivity index (χ0) is 16.4. The molecule has 6 heteroatoms. The Balaban J connectivity index is 0.00000484. The van der Waals surface area contributed by atoms with Gasteiger partial charge in [0.1, 0.15) is 5.75 Å². The molecule has 0 unspecified atom stereocenters. The van der Waals surface area contributed by atoms with Crippen LogP contribution in [-0.2, 0) is 4.79 Å². The van der Waals surface area contributed by atoms with Gasteiger partial charge in [-0.05, 0) is 49.9 Å². The Kier molecular flexibility index (Phi) is 11.3. The molecule has 0 aromatic heterocycles. The fourth-order valence-corrected chi connectivity index (χ4v) is 2.50. The summed E-state index contributed by atoms with van der Waals surface area (Å²) in [5.41, 5.74) is 5.55. The Morgan fingerprint density at radius 2 is 1.83 bits per heavy atom. The zero-order valence-electron chi connectivity index (χ0n) is 13.9. The standard InChI is InChI=1S/C17H27BrN2O2.ClH/c1-3-17(4-2,13-19)20-16(21)7-5-6-12-22-15-10-8-14(18)9-11-15;/h8-11H,3-7,12-13,19H2,1-2H3,(H,20,21);1H. The van der Waals surface area contributed by atoms with Gasteiger partial charge in [0, 0.05) is 17.4 Å². The molecule has 4 nitrogen and oxygen atoms in total. The molecule has 1 amide bonds. The summed E-state index contributed by atoms with van der Waals surface area (Å²) < 4.78 is 6.67. The molecule has 0 aliphatic rings. The van der Waals surface area contributed by atoms with Gasteiger partial charge >= 0.3 is 0 Å². The number of nitrogens with one attached hydrogen (secondary N) is 1. The van der Waals surface area contributed by atoms with Gasteiger partial charge in [0.2, 0.25) is 5.91 Å². The Morgan fingerprint density at radius 3 is 2.35 bits per heavy atom. The first-order valence-electron chi connectivity index (χ1n) is 7.94. The minimum absolute atomic E-state index is 0. The first kappa shape index (κ1) is 22.2. The third-order valence-electron chi connectivity index (χ3n) is 4.03. The third-order valence-corrected chi connectivity index (χ3v) is 4.56. The maximum atomic E-state index is 12.0. The summed E-state index contributed by atoms with van der Waals surface area (Å²) in [7, 11) is 0. The molecule has 0 aliphatic carbocycles. The quantitative estimate of drug-likeness (QED) is 0.575. The molecule has 0 saturated heterocycles. The maximum absolute atomic E-state index is 12.0. The highest BCUT2D eigenvalue weighted by Crippen LogP contribution is 2.17. The minimum atomic E-state index is -0.245. The van der Waals surface area contributed by atoms with Crippen LogP contribution in [0.5, 0.6) is 5.75 Å². The number of unbranched alkanes of at least 4 members (excludes halogenated alkanes) is 1. The maximum Gasteiger partial charge on any atom is 0.220 e. The number of hydrogen-bond donors (Lipinski definition) is 2. The molecule has 1 aromatic carbocycles. The number of rotatable bonds is 10. The van der Waals surface area contributed by atoms with Crippen LogP contribution >= 0.6 is 28.3 Å². The van der Waals surface area contributed by atoms with Crippen molar-refractivity contribution in [1.82, 2.24) is 5.32 Å². The summed E-state index contributed by atoms with van der Waals surface area (Å²) in [6.07, 6.45) is 3.91. The van der Waals surface area contributed by atoms with Gasteiger partial charge in [-0.1, -0.05) is 29.8 Å². The molecule has 1 rings (SSSR count). The number of benzene rings is 1. The zero-order valence-corrected chi connectivity index (χ0v) is 16.3. The van der Waals surface area contributed by atoms with Gasteiger partial charge in [-0.3, -0.25) is 4.79 Å². The molecule has 0 radical (unpaired) electrons. The van der Waals surface area contributed by atoms with E-state index in [4.69, 9.17) is 10.5 Å². The van der Waals surface area contributed by atoms with E-state index in [0.717, 1.165) is 35.9 Å². The second kappa shape index (κ2) is 11.7. The normalized spacial score (nSPS) is 10.8. The van der Waals surface area contributed by atoms with E-state index < -0.39 is 0 Å². The summed E-state index contributed by atoms with van der Waals surface area (Å²) in [6, 6.07) is 7.75. The van der Waals surface area contributed by atoms with Crippen LogP contribution < -0.4 is 15.8 Å². The van der Waals surface area contributed by atoms with E-state index in [-0.39, 0.29) is 23.9 Å². The van der Waals surface area contributed by atoms with Crippen molar-refractivity contribution in [3.63, 3.8) is 0 Å². The lowest BCUT2D eigenvalue weighted by Crippen LogP contribution is -2.52. The number of carbonyl (C=O) groups excluding carboxylic acids is 1. The molecule has 0 atom stereocenters. The summed E-state index contributed by atoms with van der Waals surface area (Å²) in [5, 5.41) is 3.08. The van der Waals surface area contributed by atoms with Crippen LogP contribution in [0.15, 0.2) is 28.7 Å². The lowest BCUT2D eigenvalue weighted by atomic mass is 9.92. The van der Waals surface area contributed by atoms with Crippen molar-refractivity contribution in [3.05, 3.63) is 28.7 Å². The Bertz CT molecular complexity index is 442. The van der Waals surface area contributed by atoms with Crippen molar-refractivity contribution < 1.29 is 9.53 Å². The monoisotopic (exact) mass is 406 g/mol. The fraction of sp³-hybridized carbons (Fsp3) is 0.588. The van der Waals surface area contributed by atoms with Gasteiger partial charge in [0.15, 0.2) is 0 Å². The van der Waals surface area contributed by atoms with Gasteiger partial charge < -0.3 is 15.8 Å². The predicted molar refractivity (Wildman–Crippen MR) is 101 cm³/mol. The molecular weight excluding hydrogens is 380 g/mol. The molecule has 23 heavy (non-hydrogen) atoms. The summed E-state index contributed by atoms with van der Waals surface area (Å²) in [4.78, 5) is 12.0. The molecular formula is C17H28BrClN2O2. The van der Waals surface area contributed by atoms with Gasteiger partial charge in [-0.15, -0.1) is 12.4 Å². The second-order valence-corrected chi connectivity index (χ2v) is 6.41. The Hall–Kier alpha value is -0.780. The van der Waals surface area contributed by atoms with Gasteiger partial charge in [0.25, 0.3) is 0 Å². The first-order chi connectivity index (χ1) is 10.5. The molecule has 3 N–H and O–H groups in total. The van der Waals surface area contributed by atoms with Crippen LogP contribution in [0.2, 0.25) is 0 Å². The van der Waals surface area contributed by atoms with E-state index in [2.05, 4.69) is 35.1 Å². The smallest absolute Gasteiger partial charge is 0.220 e. The average molecular weight is 408 g/mol. The Labute approximate surface area is 154 Å². The third kappa shape index (κ3) is 8.04. The number of amides is 1. The number of ether oxygens (including phenoxy) is 1. The molecule has 0 bridgehead atoms. The van der Waals surface area contributed by atoms with Crippen LogP contribution in [-0.4, -0.2) is 24.6 Å². The van der Waals surface area contributed by atoms with Crippen molar-refractivity contribution >= 4 is 34.2 Å². The van der Waals surface area contributed by atoms with Gasteiger partial charge in [-0.2, -0.15) is 0 Å². The summed E-state index contributed by atoms with van der Waals surface area (Å²) in [6.45, 7) is 5.22. The highest BCUT2D eigenvalue weighted by Gasteiger charge is 2.25. The minimum Gasteiger partial charge on any atom is -0.494 e. The van der Waals surface area contributed by atoms with Crippen molar-refractivity contribution in [2.75, 3.05) is 13.2 Å². The number of halogens is 2. The van der Waals surface area contributed by atoms with E-state index in [1.165, 1.54) is 0 Å². The lowest BCUT2D eigenvalue weighted by Gasteiger charge is -2.31. The lowest BCUT2D eigenvalue weighted by molar-refractivity contribution is -0.123. The largest absolute Gasteiger partial charge is 0.494 e. The van der Waals surface area contributed by atoms with Crippen molar-refractivity contribution in [2.24, 2.45) is 5.73 Å². The molecule has 132 valence electrons. The highest BCUT2D eigenvalue weighted by molar-refractivity contribution is 9.10. The van der Waals surface area contributed by atoms with E-state index in [9.17, 15) is 4.79 Å². The fourth-order valence-electron chi connectivity index (χ4n) is 2.23. The van der Waals surface area contributed by atoms with Crippen LogP contribution in [0.25, 0.3) is 0 Å². The topological polar surface area (TPSA) is 64.3 Å². The van der Waals surface area contributed by atoms with Gasteiger partial charge in [0.05, 0.1) is 12.1 Å². The van der Waals surface area contributed by atoms with E-state index in [0.29, 0.717) is 19.6 Å². The molecule has 0 heterocycles. The molecule has 0 saturated carbocycles. The van der Waals surface area contributed by atoms with Gasteiger partial charge in [-0.25, -0.2) is 0 Å². The highest BCUT2D eigenvalue weighted by atomic mass is 79.9. The van der Waals surface area contributed by atoms with Crippen LogP contribution in [0.4, 0.5) is 0 Å². The van der Waals surface area contributed by atoms with Crippen LogP contribution in [0.3, 0.4) is 0 Å². The predicted octanol–water partition coefficient (Wildman–Crippen LogP) is 4.05. The van der Waals surface area contributed by atoms with Crippen LogP contribution in [0, 0.1) is 0 Å². The van der Waals surface area contributed by atoms with E-state index >= 15 is 0 Å². The summed E-state index contributed by atoms with van der Waals surface area (Å²) in [5.74, 6) is 0.935. The van der Waals surface area contributed by atoms with E-state index in [1.54, 1.807) is 0 Å². The molecule has 0 aliphatic heterocycles.